The van der Waals surface area contributed by atoms with Crippen LogP contribution in [0, 0.1) is 0 Å². The molecule has 6 nitrogen and oxygen atoms in total. The van der Waals surface area contributed by atoms with E-state index in [0.717, 1.165) is 38.5 Å². The van der Waals surface area contributed by atoms with E-state index in [9.17, 15) is 4.79 Å². The van der Waals surface area contributed by atoms with Gasteiger partial charge >= 0.3 is 0 Å². The minimum absolute atomic E-state index is 0.0715. The summed E-state index contributed by atoms with van der Waals surface area (Å²) in [7, 11) is 3.50. The summed E-state index contributed by atoms with van der Waals surface area (Å²) in [5.74, 6) is 0.947. The predicted molar refractivity (Wildman–Crippen MR) is 87.4 cm³/mol. The van der Waals surface area contributed by atoms with E-state index in [1.165, 1.54) is 5.56 Å². The summed E-state index contributed by atoms with van der Waals surface area (Å²) >= 11 is 0. The fourth-order valence-corrected chi connectivity index (χ4v) is 2.81. The highest BCUT2D eigenvalue weighted by Crippen LogP contribution is 2.15. The summed E-state index contributed by atoms with van der Waals surface area (Å²) in [5.41, 5.74) is 1.92. The fourth-order valence-electron chi connectivity index (χ4n) is 2.81. The number of hydrogen-bond acceptors (Lipinski definition) is 4. The third-order valence-corrected chi connectivity index (χ3v) is 4.18. The van der Waals surface area contributed by atoms with Crippen molar-refractivity contribution in [2.45, 2.75) is 6.54 Å². The molecule has 0 saturated carbocycles. The van der Waals surface area contributed by atoms with Crippen molar-refractivity contribution in [1.82, 2.24) is 19.6 Å². The maximum atomic E-state index is 12.4. The van der Waals surface area contributed by atoms with E-state index in [2.05, 4.69) is 22.1 Å². The Labute approximate surface area is 136 Å². The van der Waals surface area contributed by atoms with Gasteiger partial charge in [-0.1, -0.05) is 12.1 Å². The molecule has 0 atom stereocenters. The molecule has 1 aliphatic rings. The second kappa shape index (κ2) is 6.83. The van der Waals surface area contributed by atoms with Crippen molar-refractivity contribution in [2.24, 2.45) is 7.05 Å². The average Bonchev–Trinajstić information content (AvgIpc) is 3.02. The van der Waals surface area contributed by atoms with Gasteiger partial charge in [0.25, 0.3) is 5.91 Å². The van der Waals surface area contributed by atoms with Crippen molar-refractivity contribution in [1.29, 1.82) is 0 Å². The number of carbonyl (C=O) groups is 1. The summed E-state index contributed by atoms with van der Waals surface area (Å²) in [5, 5.41) is 4.07. The molecule has 0 N–H and O–H groups in total. The van der Waals surface area contributed by atoms with Gasteiger partial charge in [0, 0.05) is 46.0 Å². The summed E-state index contributed by atoms with van der Waals surface area (Å²) in [6.07, 6.45) is 3.40. The predicted octanol–water partition coefficient (Wildman–Crippen LogP) is 1.39. The zero-order valence-corrected chi connectivity index (χ0v) is 13.6. The molecule has 2 heterocycles. The van der Waals surface area contributed by atoms with Crippen LogP contribution in [0.1, 0.15) is 15.9 Å². The van der Waals surface area contributed by atoms with Crippen molar-refractivity contribution >= 4 is 5.91 Å². The summed E-state index contributed by atoms with van der Waals surface area (Å²) in [6, 6.07) is 8.15. The lowest BCUT2D eigenvalue weighted by Gasteiger charge is -2.34. The molecule has 122 valence electrons. The van der Waals surface area contributed by atoms with Gasteiger partial charge in [-0.2, -0.15) is 5.10 Å². The van der Waals surface area contributed by atoms with E-state index in [1.807, 2.05) is 24.1 Å². The first-order valence-electron chi connectivity index (χ1n) is 7.79. The zero-order valence-electron chi connectivity index (χ0n) is 13.6. The second-order valence-electron chi connectivity index (χ2n) is 5.82. The van der Waals surface area contributed by atoms with E-state index < -0.39 is 0 Å². The smallest absolute Gasteiger partial charge is 0.257 e. The fraction of sp³-hybridized carbons (Fsp3) is 0.412. The molecular formula is C17H22N4O2. The number of amides is 1. The van der Waals surface area contributed by atoms with Gasteiger partial charge in [-0.05, 0) is 17.7 Å². The van der Waals surface area contributed by atoms with Crippen molar-refractivity contribution in [3.63, 3.8) is 0 Å². The number of methoxy groups -OCH3 is 1. The zero-order chi connectivity index (χ0) is 16.2. The second-order valence-corrected chi connectivity index (χ2v) is 5.82. The quantitative estimate of drug-likeness (QED) is 0.856. The molecule has 1 aromatic carbocycles. The Morgan fingerprint density at radius 1 is 1.17 bits per heavy atom. The van der Waals surface area contributed by atoms with E-state index in [4.69, 9.17) is 4.74 Å². The monoisotopic (exact) mass is 314 g/mol. The Kier molecular flexibility index (Phi) is 4.62. The number of nitrogens with zero attached hydrogens (tertiary/aromatic N) is 4. The molecule has 1 aliphatic heterocycles. The maximum absolute atomic E-state index is 12.4. The third kappa shape index (κ3) is 3.71. The molecule has 0 spiro atoms. The van der Waals surface area contributed by atoms with Gasteiger partial charge in [-0.3, -0.25) is 14.4 Å². The summed E-state index contributed by atoms with van der Waals surface area (Å²) in [6.45, 7) is 4.18. The first kappa shape index (κ1) is 15.6. The molecular weight excluding hydrogens is 292 g/mol. The highest BCUT2D eigenvalue weighted by molar-refractivity contribution is 5.93. The number of ether oxygens (including phenoxy) is 1. The van der Waals surface area contributed by atoms with Gasteiger partial charge in [0.1, 0.15) is 5.75 Å². The SMILES string of the molecule is COc1ccc(CN2CCN(C(=O)c3cnn(C)c3)CC2)cc1. The highest BCUT2D eigenvalue weighted by atomic mass is 16.5. The molecule has 3 rings (SSSR count). The van der Waals surface area contributed by atoms with Crippen LogP contribution in [0.25, 0.3) is 0 Å². The van der Waals surface area contributed by atoms with Crippen LogP contribution in [-0.2, 0) is 13.6 Å². The first-order valence-corrected chi connectivity index (χ1v) is 7.79. The number of aryl methyl sites for hydroxylation is 1. The minimum Gasteiger partial charge on any atom is -0.497 e. The lowest BCUT2D eigenvalue weighted by Crippen LogP contribution is -2.48. The van der Waals surface area contributed by atoms with Crippen LogP contribution in [0.15, 0.2) is 36.7 Å². The van der Waals surface area contributed by atoms with Gasteiger partial charge in [0.2, 0.25) is 0 Å². The van der Waals surface area contributed by atoms with Crippen LogP contribution in [0.3, 0.4) is 0 Å². The third-order valence-electron chi connectivity index (χ3n) is 4.18. The van der Waals surface area contributed by atoms with Crippen LogP contribution < -0.4 is 4.74 Å². The number of carbonyl (C=O) groups excluding carboxylic acids is 1. The molecule has 0 aliphatic carbocycles. The maximum Gasteiger partial charge on any atom is 0.257 e. The Bertz CT molecular complexity index is 657. The van der Waals surface area contributed by atoms with Gasteiger partial charge in [-0.15, -0.1) is 0 Å². The van der Waals surface area contributed by atoms with E-state index in [-0.39, 0.29) is 5.91 Å². The largest absolute Gasteiger partial charge is 0.497 e. The lowest BCUT2D eigenvalue weighted by molar-refractivity contribution is 0.0628. The van der Waals surface area contributed by atoms with Crippen LogP contribution >= 0.6 is 0 Å². The number of hydrogen-bond donors (Lipinski definition) is 0. The molecule has 1 aromatic heterocycles. The summed E-state index contributed by atoms with van der Waals surface area (Å²) in [4.78, 5) is 16.7. The van der Waals surface area contributed by atoms with Crippen LogP contribution in [0.2, 0.25) is 0 Å². The van der Waals surface area contributed by atoms with E-state index in [1.54, 1.807) is 24.2 Å². The van der Waals surface area contributed by atoms with E-state index in [0.29, 0.717) is 5.56 Å². The summed E-state index contributed by atoms with van der Waals surface area (Å²) < 4.78 is 6.84. The molecule has 0 radical (unpaired) electrons. The molecule has 23 heavy (non-hydrogen) atoms. The van der Waals surface area contributed by atoms with E-state index >= 15 is 0 Å². The highest BCUT2D eigenvalue weighted by Gasteiger charge is 2.22. The molecule has 0 bridgehead atoms. The Morgan fingerprint density at radius 2 is 1.87 bits per heavy atom. The lowest BCUT2D eigenvalue weighted by atomic mass is 10.2. The molecule has 0 unspecified atom stereocenters. The van der Waals surface area contributed by atoms with Gasteiger partial charge in [-0.25, -0.2) is 0 Å². The number of rotatable bonds is 4. The van der Waals surface area contributed by atoms with Crippen molar-refractivity contribution in [3.05, 3.63) is 47.8 Å². The standard InChI is InChI=1S/C17H22N4O2/c1-19-13-15(11-18-19)17(22)21-9-7-20(8-10-21)12-14-3-5-16(23-2)6-4-14/h3-6,11,13H,7-10,12H2,1-2H3. The van der Waals surface area contributed by atoms with Crippen LogP contribution in [0.5, 0.6) is 5.75 Å². The van der Waals surface area contributed by atoms with Crippen molar-refractivity contribution < 1.29 is 9.53 Å². The molecule has 1 fully saturated rings. The van der Waals surface area contributed by atoms with Crippen molar-refractivity contribution in [2.75, 3.05) is 33.3 Å². The van der Waals surface area contributed by atoms with Gasteiger partial charge in [0.05, 0.1) is 18.9 Å². The van der Waals surface area contributed by atoms with Gasteiger partial charge < -0.3 is 9.64 Å². The first-order chi connectivity index (χ1) is 11.2. The number of piperazine rings is 1. The Balaban J connectivity index is 1.52. The normalized spacial score (nSPS) is 15.7. The average molecular weight is 314 g/mol. The Hall–Kier alpha value is -2.34. The number of aromatic nitrogens is 2. The van der Waals surface area contributed by atoms with Crippen LogP contribution in [0.4, 0.5) is 0 Å². The van der Waals surface area contributed by atoms with Crippen molar-refractivity contribution in [3.8, 4) is 5.75 Å². The van der Waals surface area contributed by atoms with Crippen LogP contribution in [-0.4, -0.2) is 58.8 Å². The molecule has 1 saturated heterocycles. The van der Waals surface area contributed by atoms with Gasteiger partial charge in [0.15, 0.2) is 0 Å². The Morgan fingerprint density at radius 3 is 2.43 bits per heavy atom. The molecule has 1 amide bonds. The minimum atomic E-state index is 0.0715. The molecule has 6 heteroatoms. The number of benzene rings is 1. The topological polar surface area (TPSA) is 50.6 Å². The molecule has 2 aromatic rings.